The number of carbonyl (C=O) groups excluding carboxylic acids is 1. The lowest BCUT2D eigenvalue weighted by atomic mass is 10.1. The van der Waals surface area contributed by atoms with Crippen LogP contribution in [-0.4, -0.2) is 23.0 Å². The van der Waals surface area contributed by atoms with Crippen LogP contribution in [0.5, 0.6) is 5.75 Å². The summed E-state index contributed by atoms with van der Waals surface area (Å²) in [4.78, 5) is 24.2. The third-order valence-corrected chi connectivity index (χ3v) is 5.97. The molecule has 2 aromatic heterocycles. The maximum Gasteiger partial charge on any atom is 0.260 e. The summed E-state index contributed by atoms with van der Waals surface area (Å²) in [5, 5.41) is 0.672. The van der Waals surface area contributed by atoms with Gasteiger partial charge in [0.15, 0.2) is 5.13 Å². The Bertz CT molecular complexity index is 1170. The zero-order valence-electron chi connectivity index (χ0n) is 16.5. The van der Waals surface area contributed by atoms with E-state index in [0.29, 0.717) is 23.0 Å². The Kier molecular flexibility index (Phi) is 5.27. The predicted molar refractivity (Wildman–Crippen MR) is 117 cm³/mol. The number of benzene rings is 2. The van der Waals surface area contributed by atoms with E-state index < -0.39 is 0 Å². The number of amides is 1. The Hall–Kier alpha value is -3.25. The zero-order valence-corrected chi connectivity index (χ0v) is 17.4. The number of rotatable bonds is 5. The fourth-order valence-electron chi connectivity index (χ4n) is 3.14. The van der Waals surface area contributed by atoms with Crippen LogP contribution in [0.25, 0.3) is 10.2 Å². The number of methoxy groups -OCH3 is 1. The van der Waals surface area contributed by atoms with Crippen LogP contribution in [0.15, 0.2) is 60.9 Å². The summed E-state index contributed by atoms with van der Waals surface area (Å²) in [6.45, 7) is 4.53. The summed E-state index contributed by atoms with van der Waals surface area (Å²) >= 11 is 1.52. The first-order chi connectivity index (χ1) is 14.1. The van der Waals surface area contributed by atoms with E-state index in [1.165, 1.54) is 16.9 Å². The SMILES string of the molecule is COc1cccc(C(=O)N(Cc2cccnc2)c2nc3c(C)c(C)ccc3s2)c1. The molecule has 0 aliphatic rings. The van der Waals surface area contributed by atoms with Gasteiger partial charge in [0.05, 0.1) is 23.9 Å². The number of aryl methyl sites for hydroxylation is 2. The van der Waals surface area contributed by atoms with E-state index in [0.717, 1.165) is 21.3 Å². The molecule has 0 N–H and O–H groups in total. The third kappa shape index (κ3) is 3.84. The molecule has 2 aromatic carbocycles. The van der Waals surface area contributed by atoms with Gasteiger partial charge in [-0.1, -0.05) is 29.5 Å². The van der Waals surface area contributed by atoms with Crippen molar-refractivity contribution >= 4 is 32.6 Å². The first kappa shape index (κ1) is 19.1. The van der Waals surface area contributed by atoms with Gasteiger partial charge in [-0.15, -0.1) is 0 Å². The Labute approximate surface area is 173 Å². The summed E-state index contributed by atoms with van der Waals surface area (Å²) in [7, 11) is 1.59. The van der Waals surface area contributed by atoms with Gasteiger partial charge in [-0.05, 0) is 60.9 Å². The smallest absolute Gasteiger partial charge is 0.260 e. The fourth-order valence-corrected chi connectivity index (χ4v) is 4.16. The first-order valence-electron chi connectivity index (χ1n) is 9.28. The minimum Gasteiger partial charge on any atom is -0.497 e. The van der Waals surface area contributed by atoms with E-state index >= 15 is 0 Å². The molecule has 0 atom stereocenters. The summed E-state index contributed by atoms with van der Waals surface area (Å²) in [6, 6.07) is 15.2. The number of anilines is 1. The first-order valence-corrected chi connectivity index (χ1v) is 10.1. The van der Waals surface area contributed by atoms with E-state index in [2.05, 4.69) is 31.0 Å². The number of thiazole rings is 1. The molecule has 2 heterocycles. The van der Waals surface area contributed by atoms with Crippen LogP contribution in [0, 0.1) is 13.8 Å². The van der Waals surface area contributed by atoms with Gasteiger partial charge < -0.3 is 4.74 Å². The van der Waals surface area contributed by atoms with Crippen molar-refractivity contribution in [2.45, 2.75) is 20.4 Å². The molecule has 0 aliphatic carbocycles. The predicted octanol–water partition coefficient (Wildman–Crippen LogP) is 5.16. The van der Waals surface area contributed by atoms with Crippen LogP contribution in [0.1, 0.15) is 27.0 Å². The van der Waals surface area contributed by atoms with Crippen molar-refractivity contribution in [3.8, 4) is 5.75 Å². The van der Waals surface area contributed by atoms with Crippen molar-refractivity contribution in [3.05, 3.63) is 83.2 Å². The number of hydrogen-bond acceptors (Lipinski definition) is 5. The quantitative estimate of drug-likeness (QED) is 0.462. The number of fused-ring (bicyclic) bond motifs is 1. The number of hydrogen-bond donors (Lipinski definition) is 0. The highest BCUT2D eigenvalue weighted by molar-refractivity contribution is 7.22. The number of aromatic nitrogens is 2. The van der Waals surface area contributed by atoms with Crippen LogP contribution in [0.2, 0.25) is 0 Å². The van der Waals surface area contributed by atoms with Gasteiger partial charge in [0.25, 0.3) is 5.91 Å². The van der Waals surface area contributed by atoms with Crippen molar-refractivity contribution in [2.75, 3.05) is 12.0 Å². The molecular formula is C23H21N3O2S. The molecule has 0 saturated carbocycles. The molecule has 146 valence electrons. The van der Waals surface area contributed by atoms with Gasteiger partial charge >= 0.3 is 0 Å². The normalized spacial score (nSPS) is 10.9. The van der Waals surface area contributed by atoms with E-state index in [1.54, 1.807) is 36.5 Å². The average molecular weight is 404 g/mol. The molecule has 4 rings (SSSR count). The number of nitrogens with zero attached hydrogens (tertiary/aromatic N) is 3. The van der Waals surface area contributed by atoms with Crippen molar-refractivity contribution in [2.24, 2.45) is 0 Å². The number of pyridine rings is 1. The molecule has 0 spiro atoms. The highest BCUT2D eigenvalue weighted by atomic mass is 32.1. The second kappa shape index (κ2) is 8.01. The van der Waals surface area contributed by atoms with Crippen molar-refractivity contribution in [1.29, 1.82) is 0 Å². The maximum absolute atomic E-state index is 13.5. The van der Waals surface area contributed by atoms with Gasteiger partial charge in [0, 0.05) is 18.0 Å². The summed E-state index contributed by atoms with van der Waals surface area (Å²) in [5.41, 5.74) is 4.77. The molecule has 4 aromatic rings. The van der Waals surface area contributed by atoms with Gasteiger partial charge in [0.1, 0.15) is 5.75 Å². The lowest BCUT2D eigenvalue weighted by Crippen LogP contribution is -2.30. The molecule has 5 nitrogen and oxygen atoms in total. The van der Waals surface area contributed by atoms with Crippen LogP contribution < -0.4 is 9.64 Å². The topological polar surface area (TPSA) is 55.3 Å². The lowest BCUT2D eigenvalue weighted by Gasteiger charge is -2.20. The Balaban J connectivity index is 1.80. The minimum absolute atomic E-state index is 0.124. The van der Waals surface area contributed by atoms with E-state index in [-0.39, 0.29) is 5.91 Å². The van der Waals surface area contributed by atoms with Crippen LogP contribution in [0.3, 0.4) is 0 Å². The molecule has 0 saturated heterocycles. The summed E-state index contributed by atoms with van der Waals surface area (Å²) < 4.78 is 6.36. The highest BCUT2D eigenvalue weighted by Crippen LogP contribution is 2.33. The van der Waals surface area contributed by atoms with Gasteiger partial charge in [-0.3, -0.25) is 14.7 Å². The molecule has 0 fully saturated rings. The molecule has 0 unspecified atom stereocenters. The van der Waals surface area contributed by atoms with Gasteiger partial charge in [0.2, 0.25) is 0 Å². The molecular weight excluding hydrogens is 382 g/mol. The second-order valence-corrected chi connectivity index (χ2v) is 7.84. The highest BCUT2D eigenvalue weighted by Gasteiger charge is 2.23. The number of carbonyl (C=O) groups is 1. The molecule has 0 radical (unpaired) electrons. The van der Waals surface area contributed by atoms with Crippen molar-refractivity contribution in [3.63, 3.8) is 0 Å². The van der Waals surface area contributed by atoms with Gasteiger partial charge in [-0.2, -0.15) is 0 Å². The van der Waals surface area contributed by atoms with E-state index in [9.17, 15) is 4.79 Å². The van der Waals surface area contributed by atoms with Gasteiger partial charge in [-0.25, -0.2) is 4.98 Å². The third-order valence-electron chi connectivity index (χ3n) is 4.93. The Morgan fingerprint density at radius 3 is 2.76 bits per heavy atom. The zero-order chi connectivity index (χ0) is 20.4. The second-order valence-electron chi connectivity index (χ2n) is 6.84. The fraction of sp³-hybridized carbons (Fsp3) is 0.174. The maximum atomic E-state index is 13.5. The van der Waals surface area contributed by atoms with E-state index in [4.69, 9.17) is 9.72 Å². The molecule has 29 heavy (non-hydrogen) atoms. The monoisotopic (exact) mass is 403 g/mol. The largest absolute Gasteiger partial charge is 0.497 e. The molecule has 6 heteroatoms. The van der Waals surface area contributed by atoms with Crippen molar-refractivity contribution in [1.82, 2.24) is 9.97 Å². The summed E-state index contributed by atoms with van der Waals surface area (Å²) in [6.07, 6.45) is 3.50. The Morgan fingerprint density at radius 1 is 1.14 bits per heavy atom. The standard InChI is InChI=1S/C23H21N3O2S/c1-15-9-10-20-21(16(15)2)25-23(29-20)26(14-17-6-5-11-24-13-17)22(27)18-7-4-8-19(12-18)28-3/h4-13H,14H2,1-3H3. The molecule has 0 aliphatic heterocycles. The van der Waals surface area contributed by atoms with Crippen LogP contribution in [0.4, 0.5) is 5.13 Å². The Morgan fingerprint density at radius 2 is 2.00 bits per heavy atom. The molecule has 1 amide bonds. The molecule has 0 bridgehead atoms. The minimum atomic E-state index is -0.124. The van der Waals surface area contributed by atoms with Crippen LogP contribution >= 0.6 is 11.3 Å². The number of ether oxygens (including phenoxy) is 1. The summed E-state index contributed by atoms with van der Waals surface area (Å²) in [5.74, 6) is 0.522. The van der Waals surface area contributed by atoms with Crippen LogP contribution in [-0.2, 0) is 6.54 Å². The average Bonchev–Trinajstić information content (AvgIpc) is 3.20. The van der Waals surface area contributed by atoms with Crippen molar-refractivity contribution < 1.29 is 9.53 Å². The van der Waals surface area contributed by atoms with E-state index in [1.807, 2.05) is 24.3 Å². The lowest BCUT2D eigenvalue weighted by molar-refractivity contribution is 0.0985.